The largest absolute Gasteiger partial charge is 0.508 e. The van der Waals surface area contributed by atoms with Gasteiger partial charge in [0, 0.05) is 15.5 Å². The molecule has 0 spiro atoms. The summed E-state index contributed by atoms with van der Waals surface area (Å²) in [7, 11) is -2.75. The van der Waals surface area contributed by atoms with E-state index >= 15 is 0 Å². The summed E-state index contributed by atoms with van der Waals surface area (Å²) >= 11 is 1.33. The van der Waals surface area contributed by atoms with Crippen molar-refractivity contribution >= 4 is 44.5 Å². The number of rotatable bonds is 6. The van der Waals surface area contributed by atoms with Gasteiger partial charge in [0.2, 0.25) is 0 Å². The molecule has 0 saturated heterocycles. The third-order valence-electron chi connectivity index (χ3n) is 4.25. The molecule has 0 aliphatic rings. The lowest BCUT2D eigenvalue weighted by Gasteiger charge is -2.10. The van der Waals surface area contributed by atoms with Gasteiger partial charge in [0.1, 0.15) is 10.6 Å². The predicted octanol–water partition coefficient (Wildman–Crippen LogP) is 3.67. The number of aromatic hydroxyl groups is 1. The fourth-order valence-electron chi connectivity index (χ4n) is 2.76. The second-order valence-electron chi connectivity index (χ2n) is 6.29. The molecule has 11 heteroatoms. The van der Waals surface area contributed by atoms with E-state index in [1.807, 2.05) is 0 Å². The Kier molecular flexibility index (Phi) is 5.53. The highest BCUT2D eigenvalue weighted by Gasteiger charge is 2.23. The number of aromatic nitrogens is 2. The molecule has 4 aromatic rings. The molecule has 158 valence electrons. The van der Waals surface area contributed by atoms with Crippen molar-refractivity contribution in [3.8, 4) is 5.75 Å². The van der Waals surface area contributed by atoms with Crippen LogP contribution in [-0.4, -0.2) is 36.9 Å². The Balaban J connectivity index is 1.64. The lowest BCUT2D eigenvalue weighted by Crippen LogP contribution is -2.14. The van der Waals surface area contributed by atoms with Gasteiger partial charge < -0.3 is 9.84 Å². The molecule has 3 aromatic carbocycles. The maximum absolute atomic E-state index is 12.9. The molecule has 0 bridgehead atoms. The number of sulfonamides is 1. The molecule has 0 aliphatic heterocycles. The average Bonchev–Trinajstić information content (AvgIpc) is 3.25. The second kappa shape index (κ2) is 8.28. The van der Waals surface area contributed by atoms with E-state index < -0.39 is 16.0 Å². The first-order valence-corrected chi connectivity index (χ1v) is 11.1. The summed E-state index contributed by atoms with van der Waals surface area (Å²) < 4.78 is 37.8. The van der Waals surface area contributed by atoms with E-state index in [0.29, 0.717) is 16.0 Å². The van der Waals surface area contributed by atoms with Crippen molar-refractivity contribution in [2.75, 3.05) is 11.8 Å². The number of esters is 1. The van der Waals surface area contributed by atoms with E-state index in [9.17, 15) is 18.3 Å². The van der Waals surface area contributed by atoms with Crippen LogP contribution in [0.4, 0.5) is 5.69 Å². The number of nitrogens with zero attached hydrogens (tertiary/aromatic N) is 2. The predicted molar refractivity (Wildman–Crippen MR) is 113 cm³/mol. The fraction of sp³-hybridized carbons (Fsp3) is 0.0500. The van der Waals surface area contributed by atoms with E-state index in [1.165, 1.54) is 49.2 Å². The Hall–Kier alpha value is -3.57. The maximum atomic E-state index is 12.9. The van der Waals surface area contributed by atoms with Crippen molar-refractivity contribution in [3.63, 3.8) is 0 Å². The highest BCUT2D eigenvalue weighted by Crippen LogP contribution is 2.35. The molecule has 0 saturated carbocycles. The van der Waals surface area contributed by atoms with Gasteiger partial charge in [-0.3, -0.25) is 4.72 Å². The van der Waals surface area contributed by atoms with Gasteiger partial charge in [-0.25, -0.2) is 17.8 Å². The van der Waals surface area contributed by atoms with Crippen molar-refractivity contribution < 1.29 is 27.7 Å². The van der Waals surface area contributed by atoms with Crippen LogP contribution in [0.5, 0.6) is 5.75 Å². The van der Waals surface area contributed by atoms with Crippen LogP contribution >= 0.6 is 11.8 Å². The van der Waals surface area contributed by atoms with E-state index in [-0.39, 0.29) is 21.8 Å². The lowest BCUT2D eigenvalue weighted by atomic mass is 10.2. The number of nitrogens with one attached hydrogen (secondary N) is 1. The molecule has 0 aliphatic carbocycles. The highest BCUT2D eigenvalue weighted by atomic mass is 32.2. The minimum absolute atomic E-state index is 0.0856. The zero-order valence-corrected chi connectivity index (χ0v) is 17.6. The Morgan fingerprint density at radius 2 is 1.68 bits per heavy atom. The van der Waals surface area contributed by atoms with Crippen molar-refractivity contribution in [1.29, 1.82) is 0 Å². The van der Waals surface area contributed by atoms with Crippen LogP contribution in [-0.2, 0) is 14.8 Å². The van der Waals surface area contributed by atoms with Crippen molar-refractivity contribution in [3.05, 3.63) is 66.2 Å². The number of fused-ring (bicyclic) bond motifs is 1. The third-order valence-corrected chi connectivity index (χ3v) is 6.72. The molecule has 1 aromatic heterocycles. The topological polar surface area (TPSA) is 132 Å². The van der Waals surface area contributed by atoms with E-state index in [1.54, 1.807) is 30.3 Å². The van der Waals surface area contributed by atoms with Crippen molar-refractivity contribution in [2.24, 2.45) is 0 Å². The van der Waals surface area contributed by atoms with Crippen LogP contribution in [0.2, 0.25) is 0 Å². The lowest BCUT2D eigenvalue weighted by molar-refractivity contribution is 0.0600. The summed E-state index contributed by atoms with van der Waals surface area (Å²) in [5, 5.41) is 17.0. The molecule has 4 rings (SSSR count). The molecular weight excluding hydrogens is 442 g/mol. The number of methoxy groups -OCH3 is 1. The summed E-state index contributed by atoms with van der Waals surface area (Å²) in [6.45, 7) is 0. The Morgan fingerprint density at radius 1 is 1.00 bits per heavy atom. The van der Waals surface area contributed by atoms with E-state index in [4.69, 9.17) is 4.63 Å². The number of anilines is 1. The molecule has 31 heavy (non-hydrogen) atoms. The first-order chi connectivity index (χ1) is 14.9. The minimum Gasteiger partial charge on any atom is -0.508 e. The molecule has 0 amide bonds. The second-order valence-corrected chi connectivity index (χ2v) is 9.06. The molecule has 9 nitrogen and oxygen atoms in total. The van der Waals surface area contributed by atoms with Gasteiger partial charge in [-0.2, -0.15) is 0 Å². The number of carbonyl (C=O) groups excluding carboxylic acids is 1. The van der Waals surface area contributed by atoms with Gasteiger partial charge in [0.05, 0.1) is 12.7 Å². The van der Waals surface area contributed by atoms with Gasteiger partial charge in [0.15, 0.2) is 11.0 Å². The normalized spacial score (nSPS) is 11.4. The molecule has 0 radical (unpaired) electrons. The first-order valence-electron chi connectivity index (χ1n) is 8.81. The molecule has 1 heterocycles. The first kappa shape index (κ1) is 20.7. The molecular formula is C20H15N3O6S2. The zero-order chi connectivity index (χ0) is 22.0. The van der Waals surface area contributed by atoms with Gasteiger partial charge in [-0.1, -0.05) is 11.8 Å². The van der Waals surface area contributed by atoms with Crippen LogP contribution < -0.4 is 4.72 Å². The zero-order valence-electron chi connectivity index (χ0n) is 16.0. The minimum atomic E-state index is -4.01. The number of hydrogen-bond acceptors (Lipinski definition) is 9. The van der Waals surface area contributed by atoms with Crippen molar-refractivity contribution in [1.82, 2.24) is 10.3 Å². The van der Waals surface area contributed by atoms with Crippen molar-refractivity contribution in [2.45, 2.75) is 14.7 Å². The molecule has 2 N–H and O–H groups in total. The van der Waals surface area contributed by atoms with E-state index in [2.05, 4.69) is 19.8 Å². The summed E-state index contributed by atoms with van der Waals surface area (Å²) in [5.41, 5.74) is 0.938. The van der Waals surface area contributed by atoms with Crippen LogP contribution in [0, 0.1) is 0 Å². The number of carbonyl (C=O) groups is 1. The summed E-state index contributed by atoms with van der Waals surface area (Å²) in [6, 6.07) is 15.4. The van der Waals surface area contributed by atoms with Crippen LogP contribution in [0.25, 0.3) is 11.0 Å². The number of phenolic OH excluding ortho intramolecular Hbond substituents is 1. The van der Waals surface area contributed by atoms with E-state index in [0.717, 1.165) is 4.90 Å². The molecule has 0 fully saturated rings. The quantitative estimate of drug-likeness (QED) is 0.416. The number of hydrogen-bond donors (Lipinski definition) is 2. The standard InChI is InChI=1S/C20H15N3O6S2/c1-28-20(25)12-2-4-13(5-3-12)23-31(26,27)17-11-10-16(18-19(17)22-29-21-18)30-15-8-6-14(24)7-9-15/h2-11,23-24H,1H3. The third kappa shape index (κ3) is 4.32. The summed E-state index contributed by atoms with van der Waals surface area (Å²) in [6.07, 6.45) is 0. The Labute approximate surface area is 181 Å². The average molecular weight is 457 g/mol. The fourth-order valence-corrected chi connectivity index (χ4v) is 4.85. The van der Waals surface area contributed by atoms with Gasteiger partial charge >= 0.3 is 5.97 Å². The highest BCUT2D eigenvalue weighted by molar-refractivity contribution is 7.99. The molecule has 0 atom stereocenters. The number of ether oxygens (including phenoxy) is 1. The summed E-state index contributed by atoms with van der Waals surface area (Å²) in [4.78, 5) is 12.9. The summed E-state index contributed by atoms with van der Waals surface area (Å²) in [5.74, 6) is -0.378. The Bertz CT molecular complexity index is 1350. The van der Waals surface area contributed by atoms with Gasteiger partial charge in [0.25, 0.3) is 10.0 Å². The maximum Gasteiger partial charge on any atom is 0.337 e. The number of benzene rings is 3. The smallest absolute Gasteiger partial charge is 0.337 e. The van der Waals surface area contributed by atoms with Gasteiger partial charge in [-0.05, 0) is 71.0 Å². The molecule has 0 unspecified atom stereocenters. The van der Waals surface area contributed by atoms with Crippen LogP contribution in [0.1, 0.15) is 10.4 Å². The monoisotopic (exact) mass is 457 g/mol. The Morgan fingerprint density at radius 3 is 2.35 bits per heavy atom. The SMILES string of the molecule is COC(=O)c1ccc(NS(=O)(=O)c2ccc(Sc3ccc(O)cc3)c3nonc23)cc1. The van der Waals surface area contributed by atoms with Crippen LogP contribution in [0.3, 0.4) is 0 Å². The van der Waals surface area contributed by atoms with Crippen LogP contribution in [0.15, 0.2) is 80.0 Å². The number of phenols is 1. The van der Waals surface area contributed by atoms with Gasteiger partial charge in [-0.15, -0.1) is 0 Å².